The molecule has 0 spiro atoms. The molecule has 0 saturated carbocycles. The first-order valence-corrected chi connectivity index (χ1v) is 5.18. The van der Waals surface area contributed by atoms with E-state index in [0.29, 0.717) is 0 Å². The first-order valence-electron chi connectivity index (χ1n) is 4.06. The summed E-state index contributed by atoms with van der Waals surface area (Å²) >= 11 is 3.44. The zero-order valence-electron chi connectivity index (χ0n) is 7.47. The number of hydrogen-bond donors (Lipinski definition) is 0. The van der Waals surface area contributed by atoms with Gasteiger partial charge < -0.3 is 0 Å². The fourth-order valence-electron chi connectivity index (χ4n) is 1.07. The predicted molar refractivity (Wildman–Crippen MR) is 58.4 cm³/mol. The van der Waals surface area contributed by atoms with Crippen LogP contribution in [0.15, 0.2) is 30.3 Å². The van der Waals surface area contributed by atoms with Gasteiger partial charge in [0, 0.05) is 5.33 Å². The number of alkyl halides is 1. The molecule has 0 atom stereocenters. The smallest absolute Gasteiger partial charge is 0.0283 e. The molecule has 0 nitrogen and oxygen atoms in total. The second kappa shape index (κ2) is 4.46. The summed E-state index contributed by atoms with van der Waals surface area (Å²) in [6.45, 7) is 4.20. The molecule has 0 aromatic heterocycles. The molecule has 0 N–H and O–H groups in total. The second-order valence-corrected chi connectivity index (χ2v) is 3.37. The van der Waals surface area contributed by atoms with E-state index in [-0.39, 0.29) is 0 Å². The van der Waals surface area contributed by atoms with Gasteiger partial charge in [0.25, 0.3) is 0 Å². The molecule has 0 aliphatic heterocycles. The van der Waals surface area contributed by atoms with Crippen LogP contribution in [0.3, 0.4) is 0 Å². The summed E-state index contributed by atoms with van der Waals surface area (Å²) in [5.41, 5.74) is 3.97. The van der Waals surface area contributed by atoms with Crippen molar-refractivity contribution in [3.63, 3.8) is 0 Å². The molecule has 1 aromatic rings. The minimum absolute atomic E-state index is 0.928. The van der Waals surface area contributed by atoms with Crippen molar-refractivity contribution in [3.05, 3.63) is 41.5 Å². The summed E-state index contributed by atoms with van der Waals surface area (Å²) in [4.78, 5) is 0. The van der Waals surface area contributed by atoms with E-state index in [4.69, 9.17) is 0 Å². The van der Waals surface area contributed by atoms with Crippen LogP contribution in [0.25, 0.3) is 5.57 Å². The van der Waals surface area contributed by atoms with Crippen LogP contribution in [0, 0.1) is 0 Å². The predicted octanol–water partition coefficient (Wildman–Crippen LogP) is 4.00. The van der Waals surface area contributed by atoms with Crippen molar-refractivity contribution in [1.82, 2.24) is 0 Å². The third kappa shape index (κ3) is 2.21. The molecule has 0 bridgehead atoms. The number of rotatable bonds is 2. The fraction of sp³-hybridized carbons (Fsp3) is 0.273. The maximum absolute atomic E-state index is 3.44. The maximum atomic E-state index is 3.44. The van der Waals surface area contributed by atoms with Gasteiger partial charge >= 0.3 is 0 Å². The molecule has 0 fully saturated rings. The van der Waals surface area contributed by atoms with E-state index in [2.05, 4.69) is 60.1 Å². The Hall–Kier alpha value is -0.560. The summed E-state index contributed by atoms with van der Waals surface area (Å²) in [6.07, 6.45) is 2.13. The van der Waals surface area contributed by atoms with Gasteiger partial charge in [-0.1, -0.05) is 46.3 Å². The molecule has 0 aliphatic rings. The lowest BCUT2D eigenvalue weighted by atomic mass is 10.1. The first-order chi connectivity index (χ1) is 5.77. The SMILES string of the molecule is C/C=C(/C)c1cccc(CBr)c1. The second-order valence-electron chi connectivity index (χ2n) is 2.81. The van der Waals surface area contributed by atoms with Crippen molar-refractivity contribution in [1.29, 1.82) is 0 Å². The molecular formula is C11H13Br. The van der Waals surface area contributed by atoms with Gasteiger partial charge in [-0.05, 0) is 30.5 Å². The summed E-state index contributed by atoms with van der Waals surface area (Å²) in [5.74, 6) is 0. The summed E-state index contributed by atoms with van der Waals surface area (Å²) < 4.78 is 0. The zero-order chi connectivity index (χ0) is 8.97. The van der Waals surface area contributed by atoms with Crippen LogP contribution in [0.5, 0.6) is 0 Å². The number of hydrogen-bond acceptors (Lipinski definition) is 0. The topological polar surface area (TPSA) is 0 Å². The van der Waals surface area contributed by atoms with Crippen molar-refractivity contribution in [3.8, 4) is 0 Å². The summed E-state index contributed by atoms with van der Waals surface area (Å²) in [5, 5.41) is 0.928. The van der Waals surface area contributed by atoms with Gasteiger partial charge in [-0.3, -0.25) is 0 Å². The molecule has 0 radical (unpaired) electrons. The van der Waals surface area contributed by atoms with E-state index in [1.54, 1.807) is 0 Å². The van der Waals surface area contributed by atoms with Crippen LogP contribution in [0.4, 0.5) is 0 Å². The highest BCUT2D eigenvalue weighted by Gasteiger charge is 1.95. The average Bonchev–Trinajstić information content (AvgIpc) is 2.17. The quantitative estimate of drug-likeness (QED) is 0.667. The molecule has 1 aromatic carbocycles. The van der Waals surface area contributed by atoms with E-state index in [0.717, 1.165) is 5.33 Å². The van der Waals surface area contributed by atoms with Crippen LogP contribution in [0.1, 0.15) is 25.0 Å². The lowest BCUT2D eigenvalue weighted by Gasteiger charge is -2.02. The minimum Gasteiger partial charge on any atom is -0.0876 e. The van der Waals surface area contributed by atoms with Crippen LogP contribution in [-0.2, 0) is 5.33 Å². The van der Waals surface area contributed by atoms with E-state index in [9.17, 15) is 0 Å². The van der Waals surface area contributed by atoms with E-state index >= 15 is 0 Å². The Labute approximate surface area is 82.4 Å². The van der Waals surface area contributed by atoms with Crippen LogP contribution < -0.4 is 0 Å². The number of benzene rings is 1. The Balaban J connectivity index is 3.02. The Bertz CT molecular complexity index is 287. The molecule has 0 unspecified atom stereocenters. The molecular weight excluding hydrogens is 212 g/mol. The Morgan fingerprint density at radius 2 is 2.25 bits per heavy atom. The average molecular weight is 225 g/mol. The van der Waals surface area contributed by atoms with Gasteiger partial charge in [-0.2, -0.15) is 0 Å². The Morgan fingerprint density at radius 3 is 2.83 bits per heavy atom. The normalized spacial score (nSPS) is 11.8. The van der Waals surface area contributed by atoms with E-state index < -0.39 is 0 Å². The lowest BCUT2D eigenvalue weighted by molar-refractivity contribution is 1.41. The zero-order valence-corrected chi connectivity index (χ0v) is 9.06. The van der Waals surface area contributed by atoms with Gasteiger partial charge in [0.15, 0.2) is 0 Å². The van der Waals surface area contributed by atoms with Crippen LogP contribution in [0.2, 0.25) is 0 Å². The molecule has 1 rings (SSSR count). The standard InChI is InChI=1S/C11H13Br/c1-3-9(2)11-6-4-5-10(7-11)8-12/h3-7H,8H2,1-2H3/b9-3-. The molecule has 64 valence electrons. The van der Waals surface area contributed by atoms with Gasteiger partial charge in [0.1, 0.15) is 0 Å². The lowest BCUT2D eigenvalue weighted by Crippen LogP contribution is -1.82. The monoisotopic (exact) mass is 224 g/mol. The fourth-order valence-corrected chi connectivity index (χ4v) is 1.42. The first kappa shape index (κ1) is 9.53. The van der Waals surface area contributed by atoms with Crippen molar-refractivity contribution in [2.75, 3.05) is 0 Å². The molecule has 1 heteroatoms. The Morgan fingerprint density at radius 1 is 1.50 bits per heavy atom. The largest absolute Gasteiger partial charge is 0.0876 e. The van der Waals surface area contributed by atoms with Crippen LogP contribution >= 0.6 is 15.9 Å². The number of allylic oxidation sites excluding steroid dienone is 2. The molecule has 12 heavy (non-hydrogen) atoms. The molecule has 0 saturated heterocycles. The van der Waals surface area contributed by atoms with Gasteiger partial charge in [0.2, 0.25) is 0 Å². The maximum Gasteiger partial charge on any atom is 0.0283 e. The summed E-state index contributed by atoms with van der Waals surface area (Å²) in [6, 6.07) is 8.58. The highest BCUT2D eigenvalue weighted by molar-refractivity contribution is 9.08. The Kier molecular flexibility index (Phi) is 3.54. The van der Waals surface area contributed by atoms with Gasteiger partial charge in [0.05, 0.1) is 0 Å². The van der Waals surface area contributed by atoms with Gasteiger partial charge in [-0.25, -0.2) is 0 Å². The molecule has 0 heterocycles. The third-order valence-corrected chi connectivity index (χ3v) is 2.62. The van der Waals surface area contributed by atoms with Gasteiger partial charge in [-0.15, -0.1) is 0 Å². The minimum atomic E-state index is 0.928. The van der Waals surface area contributed by atoms with Crippen molar-refractivity contribution >= 4 is 21.5 Å². The molecule has 0 amide bonds. The highest BCUT2D eigenvalue weighted by Crippen LogP contribution is 2.16. The van der Waals surface area contributed by atoms with E-state index in [1.807, 2.05) is 0 Å². The van der Waals surface area contributed by atoms with Crippen molar-refractivity contribution in [2.24, 2.45) is 0 Å². The highest BCUT2D eigenvalue weighted by atomic mass is 79.9. The molecule has 0 aliphatic carbocycles. The number of halogens is 1. The van der Waals surface area contributed by atoms with Crippen LogP contribution in [-0.4, -0.2) is 0 Å². The van der Waals surface area contributed by atoms with Crippen molar-refractivity contribution in [2.45, 2.75) is 19.2 Å². The van der Waals surface area contributed by atoms with E-state index in [1.165, 1.54) is 16.7 Å². The third-order valence-electron chi connectivity index (χ3n) is 1.97. The van der Waals surface area contributed by atoms with Crippen molar-refractivity contribution < 1.29 is 0 Å². The summed E-state index contributed by atoms with van der Waals surface area (Å²) in [7, 11) is 0.